The molecule has 0 aliphatic heterocycles. The van der Waals surface area contributed by atoms with E-state index in [4.69, 9.17) is 25.5 Å². The normalized spacial score (nSPS) is 10.4. The zero-order chi connectivity index (χ0) is 24.5. The van der Waals surface area contributed by atoms with Crippen LogP contribution in [0.15, 0.2) is 65.3 Å². The number of amides is 1. The quantitative estimate of drug-likeness (QED) is 0.245. The van der Waals surface area contributed by atoms with E-state index in [9.17, 15) is 19.2 Å². The minimum atomic E-state index is -0.658. The van der Waals surface area contributed by atoms with Gasteiger partial charge in [0.15, 0.2) is 12.4 Å². The molecule has 0 saturated carbocycles. The van der Waals surface area contributed by atoms with Crippen LogP contribution in [-0.2, 0) is 14.3 Å². The fourth-order valence-corrected chi connectivity index (χ4v) is 3.03. The van der Waals surface area contributed by atoms with Gasteiger partial charge in [-0.05, 0) is 67.4 Å². The van der Waals surface area contributed by atoms with Crippen LogP contribution in [0.2, 0.25) is 5.02 Å². The van der Waals surface area contributed by atoms with E-state index in [1.54, 1.807) is 24.3 Å². The van der Waals surface area contributed by atoms with E-state index in [1.165, 1.54) is 36.6 Å². The third-order valence-electron chi connectivity index (χ3n) is 4.71. The highest BCUT2D eigenvalue weighted by atomic mass is 35.5. The second-order valence-corrected chi connectivity index (χ2v) is 7.75. The molecule has 34 heavy (non-hydrogen) atoms. The molecule has 0 bridgehead atoms. The fourth-order valence-electron chi connectivity index (χ4n) is 2.85. The van der Waals surface area contributed by atoms with Gasteiger partial charge in [-0.3, -0.25) is 14.4 Å². The molecule has 2 aromatic carbocycles. The summed E-state index contributed by atoms with van der Waals surface area (Å²) in [5, 5.41) is 3.26. The van der Waals surface area contributed by atoms with Crippen molar-refractivity contribution in [2.75, 3.05) is 11.9 Å². The minimum Gasteiger partial charge on any atom is -0.457 e. The highest BCUT2D eigenvalue weighted by molar-refractivity contribution is 6.31. The summed E-state index contributed by atoms with van der Waals surface area (Å²) in [6.07, 6.45) is 1.74. The molecule has 3 aromatic rings. The lowest BCUT2D eigenvalue weighted by Gasteiger charge is -2.07. The Hall–Kier alpha value is -3.91. The summed E-state index contributed by atoms with van der Waals surface area (Å²) in [6, 6.07) is 14.1. The average Bonchev–Trinajstić information content (AvgIpc) is 3.36. The molecule has 8 nitrogen and oxygen atoms in total. The number of furan rings is 1. The lowest BCUT2D eigenvalue weighted by atomic mass is 10.1. The number of esters is 2. The van der Waals surface area contributed by atoms with E-state index in [-0.39, 0.29) is 36.7 Å². The number of ether oxygens (including phenoxy) is 2. The average molecular weight is 484 g/mol. The number of anilines is 1. The molecule has 1 aromatic heterocycles. The number of Topliss-reactive ketones (excluding diaryl/α,β-unsaturated/α-hetero) is 1. The fraction of sp³-hybridized carbons (Fsp3) is 0.200. The lowest BCUT2D eigenvalue weighted by Crippen LogP contribution is -2.15. The summed E-state index contributed by atoms with van der Waals surface area (Å²) in [5.41, 5.74) is 1.78. The zero-order valence-corrected chi connectivity index (χ0v) is 19.1. The zero-order valence-electron chi connectivity index (χ0n) is 18.3. The van der Waals surface area contributed by atoms with Crippen molar-refractivity contribution < 1.29 is 33.1 Å². The summed E-state index contributed by atoms with van der Waals surface area (Å²) in [7, 11) is 0. The molecular weight excluding hydrogens is 462 g/mol. The third-order valence-corrected chi connectivity index (χ3v) is 5.12. The van der Waals surface area contributed by atoms with Crippen LogP contribution in [0.5, 0.6) is 5.75 Å². The van der Waals surface area contributed by atoms with Crippen molar-refractivity contribution in [3.05, 3.63) is 82.8 Å². The van der Waals surface area contributed by atoms with Gasteiger partial charge in [-0.25, -0.2) is 4.79 Å². The van der Waals surface area contributed by atoms with Crippen molar-refractivity contribution >= 4 is 40.9 Å². The predicted molar refractivity (Wildman–Crippen MR) is 124 cm³/mol. The van der Waals surface area contributed by atoms with Crippen LogP contribution in [0.1, 0.15) is 45.7 Å². The van der Waals surface area contributed by atoms with Gasteiger partial charge in [0.1, 0.15) is 5.75 Å². The Kier molecular flexibility index (Phi) is 8.59. The molecule has 1 heterocycles. The molecule has 0 aliphatic rings. The van der Waals surface area contributed by atoms with Crippen molar-refractivity contribution in [2.45, 2.75) is 26.2 Å². The van der Waals surface area contributed by atoms with Crippen LogP contribution in [0.25, 0.3) is 0 Å². The molecule has 0 spiro atoms. The van der Waals surface area contributed by atoms with E-state index in [1.807, 2.05) is 6.92 Å². The minimum absolute atomic E-state index is 0.00295. The summed E-state index contributed by atoms with van der Waals surface area (Å²) in [6.45, 7) is 1.43. The summed E-state index contributed by atoms with van der Waals surface area (Å²) in [4.78, 5) is 48.0. The summed E-state index contributed by atoms with van der Waals surface area (Å²) < 4.78 is 15.1. The van der Waals surface area contributed by atoms with Gasteiger partial charge in [-0.2, -0.15) is 0 Å². The Labute approximate surface area is 200 Å². The molecule has 0 atom stereocenters. The number of carbonyl (C=O) groups is 4. The number of carbonyl (C=O) groups excluding carboxylic acids is 4. The second kappa shape index (κ2) is 11.8. The topological polar surface area (TPSA) is 112 Å². The molecular formula is C25H22ClNO7. The van der Waals surface area contributed by atoms with E-state index in [0.717, 1.165) is 5.56 Å². The predicted octanol–water partition coefficient (Wildman–Crippen LogP) is 5.00. The second-order valence-electron chi connectivity index (χ2n) is 7.34. The van der Waals surface area contributed by atoms with Crippen molar-refractivity contribution in [1.82, 2.24) is 0 Å². The van der Waals surface area contributed by atoms with Crippen LogP contribution in [0.4, 0.5) is 5.69 Å². The number of hydrogen-bond acceptors (Lipinski definition) is 7. The SMILES string of the molecule is Cc1ccc(NC(=O)CCCC(=O)OCC(=O)c2ccc(OC(=O)c3ccco3)cc2)cc1Cl. The van der Waals surface area contributed by atoms with Crippen LogP contribution < -0.4 is 10.1 Å². The van der Waals surface area contributed by atoms with Gasteiger partial charge in [0, 0.05) is 29.1 Å². The number of ketones is 1. The molecule has 0 radical (unpaired) electrons. The number of aryl methyl sites for hydroxylation is 1. The Morgan fingerprint density at radius 1 is 1.00 bits per heavy atom. The monoisotopic (exact) mass is 483 g/mol. The Balaban J connectivity index is 1.36. The van der Waals surface area contributed by atoms with E-state index in [0.29, 0.717) is 16.3 Å². The number of rotatable bonds is 10. The maximum atomic E-state index is 12.2. The molecule has 176 valence electrons. The summed E-state index contributed by atoms with van der Waals surface area (Å²) in [5.74, 6) is -1.61. The highest BCUT2D eigenvalue weighted by Gasteiger charge is 2.14. The lowest BCUT2D eigenvalue weighted by molar-refractivity contribution is -0.142. The Bertz CT molecular complexity index is 1170. The van der Waals surface area contributed by atoms with E-state index >= 15 is 0 Å². The van der Waals surface area contributed by atoms with E-state index < -0.39 is 24.3 Å². The van der Waals surface area contributed by atoms with Gasteiger partial charge in [0.25, 0.3) is 0 Å². The largest absolute Gasteiger partial charge is 0.457 e. The molecule has 0 saturated heterocycles. The Morgan fingerprint density at radius 3 is 2.44 bits per heavy atom. The summed E-state index contributed by atoms with van der Waals surface area (Å²) >= 11 is 6.03. The molecule has 0 unspecified atom stereocenters. The first-order valence-corrected chi connectivity index (χ1v) is 10.8. The van der Waals surface area contributed by atoms with Crippen LogP contribution >= 0.6 is 11.6 Å². The van der Waals surface area contributed by atoms with Gasteiger partial charge in [-0.1, -0.05) is 17.7 Å². The smallest absolute Gasteiger partial charge is 0.379 e. The van der Waals surface area contributed by atoms with Gasteiger partial charge in [0.2, 0.25) is 11.7 Å². The number of halogens is 1. The van der Waals surface area contributed by atoms with Crippen LogP contribution in [0, 0.1) is 6.92 Å². The van der Waals surface area contributed by atoms with Gasteiger partial charge >= 0.3 is 11.9 Å². The maximum Gasteiger partial charge on any atom is 0.379 e. The Morgan fingerprint density at radius 2 is 1.76 bits per heavy atom. The molecule has 1 N–H and O–H groups in total. The number of nitrogens with one attached hydrogen (secondary N) is 1. The highest BCUT2D eigenvalue weighted by Crippen LogP contribution is 2.20. The molecule has 1 amide bonds. The van der Waals surface area contributed by atoms with Crippen LogP contribution in [-0.4, -0.2) is 30.2 Å². The first kappa shape index (κ1) is 24.7. The van der Waals surface area contributed by atoms with Crippen molar-refractivity contribution in [1.29, 1.82) is 0 Å². The van der Waals surface area contributed by atoms with Crippen molar-refractivity contribution in [3.63, 3.8) is 0 Å². The van der Waals surface area contributed by atoms with Crippen molar-refractivity contribution in [3.8, 4) is 5.75 Å². The number of benzene rings is 2. The molecule has 3 rings (SSSR count). The first-order chi connectivity index (χ1) is 16.3. The van der Waals surface area contributed by atoms with Gasteiger partial charge in [-0.15, -0.1) is 0 Å². The van der Waals surface area contributed by atoms with Crippen LogP contribution in [0.3, 0.4) is 0 Å². The molecule has 9 heteroatoms. The van der Waals surface area contributed by atoms with Gasteiger partial charge < -0.3 is 19.2 Å². The first-order valence-electron chi connectivity index (χ1n) is 10.4. The van der Waals surface area contributed by atoms with Crippen molar-refractivity contribution in [2.24, 2.45) is 0 Å². The molecule has 0 fully saturated rings. The number of hydrogen-bond donors (Lipinski definition) is 1. The standard InChI is InChI=1S/C25H22ClNO7/c1-16-7-10-18(14-20(16)26)27-23(29)5-2-6-24(30)33-15-21(28)17-8-11-19(12-9-17)34-25(31)22-4-3-13-32-22/h3-4,7-14H,2,5-6,15H2,1H3,(H,27,29). The third kappa shape index (κ3) is 7.31. The van der Waals surface area contributed by atoms with Gasteiger partial charge in [0.05, 0.1) is 6.26 Å². The molecule has 0 aliphatic carbocycles. The van der Waals surface area contributed by atoms with E-state index in [2.05, 4.69) is 5.32 Å². The maximum absolute atomic E-state index is 12.2.